The molecule has 0 saturated heterocycles. The van der Waals surface area contributed by atoms with Gasteiger partial charge in [-0.3, -0.25) is 0 Å². The fraction of sp³-hybridized carbons (Fsp3) is 0. The average Bonchev–Trinajstić information content (AvgIpc) is 2.82. The summed E-state index contributed by atoms with van der Waals surface area (Å²) >= 11 is 9.13. The van der Waals surface area contributed by atoms with E-state index in [4.69, 9.17) is 21.9 Å². The number of hydrogen-bond donors (Lipinski definition) is 1. The first-order chi connectivity index (χ1) is 10.1. The van der Waals surface area contributed by atoms with Gasteiger partial charge in [0.2, 0.25) is 0 Å². The molecule has 0 amide bonds. The van der Waals surface area contributed by atoms with E-state index < -0.39 is 5.82 Å². The summed E-state index contributed by atoms with van der Waals surface area (Å²) < 4.78 is 20.2. The Morgan fingerprint density at radius 1 is 1.14 bits per heavy atom. The molecule has 0 fully saturated rings. The monoisotopic (exact) mass is 366 g/mol. The van der Waals surface area contributed by atoms with E-state index in [1.165, 1.54) is 6.07 Å². The Kier molecular flexibility index (Phi) is 3.69. The van der Waals surface area contributed by atoms with Crippen LogP contribution in [0.5, 0.6) is 0 Å². The van der Waals surface area contributed by atoms with Crippen LogP contribution in [0.15, 0.2) is 51.5 Å². The average molecular weight is 368 g/mol. The quantitative estimate of drug-likeness (QED) is 0.682. The summed E-state index contributed by atoms with van der Waals surface area (Å²) in [5.74, 6) is 0.00248. The highest BCUT2D eigenvalue weighted by Gasteiger charge is 2.20. The number of nitrogens with two attached hydrogens (primary N) is 1. The summed E-state index contributed by atoms with van der Waals surface area (Å²) in [5.41, 5.74) is 7.48. The third-order valence-corrected chi connectivity index (χ3v) is 3.79. The molecular formula is C15H9BrClFN2O. The van der Waals surface area contributed by atoms with E-state index in [0.717, 1.165) is 10.0 Å². The zero-order valence-electron chi connectivity index (χ0n) is 10.6. The van der Waals surface area contributed by atoms with Crippen molar-refractivity contribution in [3.05, 3.63) is 57.8 Å². The van der Waals surface area contributed by atoms with Crippen molar-refractivity contribution in [2.24, 2.45) is 0 Å². The van der Waals surface area contributed by atoms with Crippen LogP contribution in [0.25, 0.3) is 22.5 Å². The lowest BCUT2D eigenvalue weighted by Crippen LogP contribution is -1.90. The predicted octanol–water partition coefficient (Wildman–Crippen LogP) is 5.15. The van der Waals surface area contributed by atoms with Crippen LogP contribution >= 0.6 is 27.5 Å². The van der Waals surface area contributed by atoms with Crippen molar-refractivity contribution in [1.29, 1.82) is 0 Å². The summed E-state index contributed by atoms with van der Waals surface area (Å²) in [4.78, 5) is 0. The summed E-state index contributed by atoms with van der Waals surface area (Å²) in [7, 11) is 0. The molecule has 21 heavy (non-hydrogen) atoms. The molecular weight excluding hydrogens is 359 g/mol. The number of hydrogen-bond acceptors (Lipinski definition) is 3. The molecule has 2 aromatic carbocycles. The van der Waals surface area contributed by atoms with Gasteiger partial charge in [-0.05, 0) is 35.9 Å². The van der Waals surface area contributed by atoms with Gasteiger partial charge in [-0.2, -0.15) is 0 Å². The number of anilines is 1. The van der Waals surface area contributed by atoms with Gasteiger partial charge in [0.15, 0.2) is 11.6 Å². The Balaban J connectivity index is 2.19. The highest BCUT2D eigenvalue weighted by Crippen LogP contribution is 2.38. The van der Waals surface area contributed by atoms with Crippen LogP contribution in [-0.4, -0.2) is 5.16 Å². The summed E-state index contributed by atoms with van der Waals surface area (Å²) in [6.45, 7) is 0. The van der Waals surface area contributed by atoms with Crippen molar-refractivity contribution in [1.82, 2.24) is 5.16 Å². The minimum absolute atomic E-state index is 0.210. The van der Waals surface area contributed by atoms with Crippen LogP contribution in [0.3, 0.4) is 0 Å². The minimum atomic E-state index is -0.489. The Bertz CT molecular complexity index is 802. The van der Waals surface area contributed by atoms with E-state index >= 15 is 0 Å². The van der Waals surface area contributed by atoms with Gasteiger partial charge in [-0.1, -0.05) is 44.8 Å². The first-order valence-corrected chi connectivity index (χ1v) is 7.20. The van der Waals surface area contributed by atoms with E-state index in [0.29, 0.717) is 10.6 Å². The zero-order valence-corrected chi connectivity index (χ0v) is 13.0. The highest BCUT2D eigenvalue weighted by molar-refractivity contribution is 9.10. The molecule has 0 unspecified atom stereocenters. The molecule has 1 aromatic heterocycles. The van der Waals surface area contributed by atoms with Gasteiger partial charge < -0.3 is 10.3 Å². The topological polar surface area (TPSA) is 52.0 Å². The molecule has 0 bridgehead atoms. The Labute approximate surface area is 133 Å². The van der Waals surface area contributed by atoms with Crippen molar-refractivity contribution >= 4 is 33.3 Å². The second-order valence-electron chi connectivity index (χ2n) is 4.40. The molecule has 3 nitrogen and oxygen atoms in total. The highest BCUT2D eigenvalue weighted by atomic mass is 79.9. The number of nitrogen functional groups attached to an aromatic ring is 1. The molecule has 0 aliphatic heterocycles. The van der Waals surface area contributed by atoms with E-state index in [1.54, 1.807) is 12.1 Å². The van der Waals surface area contributed by atoms with E-state index in [9.17, 15) is 4.39 Å². The Morgan fingerprint density at radius 3 is 2.52 bits per heavy atom. The smallest absolute Gasteiger partial charge is 0.179 e. The second-order valence-corrected chi connectivity index (χ2v) is 5.76. The lowest BCUT2D eigenvalue weighted by molar-refractivity contribution is 0.433. The van der Waals surface area contributed by atoms with E-state index in [1.807, 2.05) is 24.3 Å². The van der Waals surface area contributed by atoms with Crippen molar-refractivity contribution in [2.45, 2.75) is 0 Å². The van der Waals surface area contributed by atoms with Crippen LogP contribution in [0.4, 0.5) is 10.2 Å². The van der Waals surface area contributed by atoms with E-state index in [-0.39, 0.29) is 17.1 Å². The van der Waals surface area contributed by atoms with Gasteiger partial charge in [0.1, 0.15) is 5.82 Å². The molecule has 3 rings (SSSR count). The largest absolute Gasteiger partial charge is 0.380 e. The number of rotatable bonds is 2. The SMILES string of the molecule is Nc1noc(-c2ccc(Cl)cc2F)c1-c1ccc(Br)cc1. The standard InChI is InChI=1S/C15H9BrClFN2O/c16-9-3-1-8(2-4-9)13-14(21-20-15(13)19)11-6-5-10(17)7-12(11)18/h1-7H,(H2,19,20). The van der Waals surface area contributed by atoms with Gasteiger partial charge in [0.25, 0.3) is 0 Å². The van der Waals surface area contributed by atoms with Crippen molar-refractivity contribution in [3.63, 3.8) is 0 Å². The maximum atomic E-state index is 14.1. The molecule has 1 heterocycles. The van der Waals surface area contributed by atoms with Crippen molar-refractivity contribution < 1.29 is 8.91 Å². The maximum Gasteiger partial charge on any atom is 0.179 e. The third kappa shape index (κ3) is 2.66. The molecule has 0 radical (unpaired) electrons. The van der Waals surface area contributed by atoms with Gasteiger partial charge in [0, 0.05) is 9.50 Å². The van der Waals surface area contributed by atoms with Gasteiger partial charge >= 0.3 is 0 Å². The number of benzene rings is 2. The third-order valence-electron chi connectivity index (χ3n) is 3.03. The second kappa shape index (κ2) is 5.50. The molecule has 2 N–H and O–H groups in total. The van der Waals surface area contributed by atoms with E-state index in [2.05, 4.69) is 21.1 Å². The predicted molar refractivity (Wildman–Crippen MR) is 84.5 cm³/mol. The van der Waals surface area contributed by atoms with Gasteiger partial charge in [-0.25, -0.2) is 4.39 Å². The normalized spacial score (nSPS) is 10.8. The summed E-state index contributed by atoms with van der Waals surface area (Å²) in [6.07, 6.45) is 0. The van der Waals surface area contributed by atoms with Crippen molar-refractivity contribution in [2.75, 3.05) is 5.73 Å². The van der Waals surface area contributed by atoms with Crippen LogP contribution in [0.1, 0.15) is 0 Å². The lowest BCUT2D eigenvalue weighted by Gasteiger charge is -2.04. The fourth-order valence-electron chi connectivity index (χ4n) is 2.06. The Morgan fingerprint density at radius 2 is 1.86 bits per heavy atom. The van der Waals surface area contributed by atoms with Gasteiger partial charge in [-0.15, -0.1) is 0 Å². The molecule has 0 saturated carbocycles. The van der Waals surface area contributed by atoms with Crippen LogP contribution in [0.2, 0.25) is 5.02 Å². The van der Waals surface area contributed by atoms with Crippen LogP contribution in [-0.2, 0) is 0 Å². The molecule has 3 aromatic rings. The summed E-state index contributed by atoms with van der Waals surface area (Å²) in [6, 6.07) is 11.8. The molecule has 0 atom stereocenters. The molecule has 106 valence electrons. The van der Waals surface area contributed by atoms with Crippen LogP contribution in [0, 0.1) is 5.82 Å². The number of aromatic nitrogens is 1. The van der Waals surface area contributed by atoms with Crippen molar-refractivity contribution in [3.8, 4) is 22.5 Å². The molecule has 0 aliphatic carbocycles. The van der Waals surface area contributed by atoms with Crippen LogP contribution < -0.4 is 5.73 Å². The lowest BCUT2D eigenvalue weighted by atomic mass is 10.0. The first kappa shape index (κ1) is 14.1. The first-order valence-electron chi connectivity index (χ1n) is 6.03. The minimum Gasteiger partial charge on any atom is -0.380 e. The zero-order chi connectivity index (χ0) is 15.0. The number of halogens is 3. The Hall–Kier alpha value is -1.85. The van der Waals surface area contributed by atoms with Gasteiger partial charge in [0.05, 0.1) is 11.1 Å². The fourth-order valence-corrected chi connectivity index (χ4v) is 2.48. The maximum absolute atomic E-state index is 14.1. The molecule has 0 spiro atoms. The summed E-state index contributed by atoms with van der Waals surface area (Å²) in [5, 5.41) is 4.06. The number of nitrogens with zero attached hydrogens (tertiary/aromatic N) is 1. The molecule has 6 heteroatoms. The molecule has 0 aliphatic rings.